The van der Waals surface area contributed by atoms with E-state index in [2.05, 4.69) is 19.2 Å². The molecular weight excluding hydrogens is 126 g/mol. The normalized spacial score (nSPS) is 34.2. The highest BCUT2D eigenvalue weighted by Crippen LogP contribution is 2.09. The summed E-state index contributed by atoms with van der Waals surface area (Å²) in [5.41, 5.74) is 0. The molecule has 0 saturated carbocycles. The van der Waals surface area contributed by atoms with Crippen LogP contribution in [0.15, 0.2) is 0 Å². The summed E-state index contributed by atoms with van der Waals surface area (Å²) in [6.07, 6.45) is 3.00. The Labute approximate surface area is 63.0 Å². The Morgan fingerprint density at radius 1 is 1.20 bits per heavy atom. The quantitative estimate of drug-likeness (QED) is 0.568. The molecule has 0 amide bonds. The molecule has 1 aliphatic heterocycles. The lowest BCUT2D eigenvalue weighted by molar-refractivity contribution is -0.0407. The molecule has 2 heteroatoms. The van der Waals surface area contributed by atoms with Crippen LogP contribution in [0.5, 0.6) is 0 Å². The molecule has 2 nitrogen and oxygen atoms in total. The fraction of sp³-hybridized carbons (Fsp3) is 1.00. The third-order valence-electron chi connectivity index (χ3n) is 1.96. The lowest BCUT2D eigenvalue weighted by atomic mass is 10.2. The third-order valence-corrected chi connectivity index (χ3v) is 1.96. The van der Waals surface area contributed by atoms with Crippen molar-refractivity contribution in [1.29, 1.82) is 0 Å². The molecule has 0 aromatic heterocycles. The fourth-order valence-electron chi connectivity index (χ4n) is 1.17. The molecule has 0 spiro atoms. The summed E-state index contributed by atoms with van der Waals surface area (Å²) in [7, 11) is 0. The van der Waals surface area contributed by atoms with Gasteiger partial charge in [0.1, 0.15) is 0 Å². The first-order valence-corrected chi connectivity index (χ1v) is 4.15. The van der Waals surface area contributed by atoms with Gasteiger partial charge in [0.2, 0.25) is 0 Å². The predicted molar refractivity (Wildman–Crippen MR) is 41.1 cm³/mol. The Morgan fingerprint density at radius 2 is 1.70 bits per heavy atom. The maximum atomic E-state index is 5.69. The van der Waals surface area contributed by atoms with Gasteiger partial charge in [-0.1, -0.05) is 13.8 Å². The fourth-order valence-corrected chi connectivity index (χ4v) is 1.17. The zero-order valence-electron chi connectivity index (χ0n) is 6.84. The highest BCUT2D eigenvalue weighted by atomic mass is 16.5. The lowest BCUT2D eigenvalue weighted by Crippen LogP contribution is -2.40. The Kier molecular flexibility index (Phi) is 3.16. The number of ether oxygens (including phenoxy) is 1. The van der Waals surface area contributed by atoms with Crippen LogP contribution < -0.4 is 5.32 Å². The number of hydrogen-bond acceptors (Lipinski definition) is 1. The van der Waals surface area contributed by atoms with Crippen molar-refractivity contribution in [3.8, 4) is 0 Å². The zero-order valence-corrected chi connectivity index (χ0v) is 6.84. The van der Waals surface area contributed by atoms with E-state index in [4.69, 9.17) is 4.74 Å². The average Bonchev–Trinajstić information content (AvgIpc) is 2.05. The molecule has 59 valence electrons. The van der Waals surface area contributed by atoms with Crippen molar-refractivity contribution in [2.75, 3.05) is 13.1 Å². The van der Waals surface area contributed by atoms with E-state index in [-0.39, 0.29) is 0 Å². The first-order chi connectivity index (χ1) is 4.86. The van der Waals surface area contributed by atoms with Gasteiger partial charge in [0, 0.05) is 13.1 Å². The van der Waals surface area contributed by atoms with Crippen molar-refractivity contribution in [3.05, 3.63) is 0 Å². The van der Waals surface area contributed by atoms with E-state index in [0.29, 0.717) is 12.2 Å². The van der Waals surface area contributed by atoms with Crippen LogP contribution in [0.25, 0.3) is 0 Å². The average molecular weight is 142 g/mol. The summed E-state index contributed by atoms with van der Waals surface area (Å²) >= 11 is 0. The molecule has 0 aromatic carbocycles. The monoisotopic (exact) mass is 142 g/mol. The minimum atomic E-state index is 0.402. The van der Waals surface area contributed by atoms with E-state index in [1.165, 1.54) is 0 Å². The second-order valence-corrected chi connectivity index (χ2v) is 2.79. The predicted octanol–water partition coefficient (Wildman–Crippen LogP) is 1.18. The molecule has 1 aliphatic rings. The van der Waals surface area contributed by atoms with Crippen LogP contribution in [0.4, 0.5) is 0 Å². The lowest BCUT2D eigenvalue weighted by Gasteiger charge is -2.28. The number of morpholine rings is 1. The Morgan fingerprint density at radius 3 is 2.10 bits per heavy atom. The molecule has 1 saturated heterocycles. The molecule has 0 aliphatic carbocycles. The van der Waals surface area contributed by atoms with Crippen molar-refractivity contribution < 1.29 is 4.74 Å². The molecule has 1 radical (unpaired) electrons. The van der Waals surface area contributed by atoms with Gasteiger partial charge in [-0.25, -0.2) is 5.32 Å². The second-order valence-electron chi connectivity index (χ2n) is 2.79. The van der Waals surface area contributed by atoms with Crippen LogP contribution in [0.3, 0.4) is 0 Å². The topological polar surface area (TPSA) is 23.3 Å². The Hall–Kier alpha value is -0.0800. The molecule has 0 unspecified atom stereocenters. The molecule has 1 heterocycles. The highest BCUT2D eigenvalue weighted by molar-refractivity contribution is 4.71. The zero-order chi connectivity index (χ0) is 7.40. The first-order valence-electron chi connectivity index (χ1n) is 4.15. The van der Waals surface area contributed by atoms with Crippen LogP contribution >= 0.6 is 0 Å². The molecular formula is C8H16NO. The summed E-state index contributed by atoms with van der Waals surface area (Å²) < 4.78 is 5.69. The smallest absolute Gasteiger partial charge is 0.0717 e. The van der Waals surface area contributed by atoms with Crippen molar-refractivity contribution in [1.82, 2.24) is 5.32 Å². The summed E-state index contributed by atoms with van der Waals surface area (Å²) in [5.74, 6) is 0. The van der Waals surface area contributed by atoms with Gasteiger partial charge in [-0.2, -0.15) is 0 Å². The summed E-state index contributed by atoms with van der Waals surface area (Å²) in [5, 5.41) is 4.36. The van der Waals surface area contributed by atoms with Crippen LogP contribution in [0.1, 0.15) is 26.7 Å². The Balaban J connectivity index is 2.25. The van der Waals surface area contributed by atoms with E-state index in [0.717, 1.165) is 25.9 Å². The van der Waals surface area contributed by atoms with E-state index in [1.807, 2.05) is 0 Å². The van der Waals surface area contributed by atoms with E-state index >= 15 is 0 Å². The van der Waals surface area contributed by atoms with Crippen molar-refractivity contribution in [3.63, 3.8) is 0 Å². The summed E-state index contributed by atoms with van der Waals surface area (Å²) in [4.78, 5) is 0. The highest BCUT2D eigenvalue weighted by Gasteiger charge is 2.19. The van der Waals surface area contributed by atoms with E-state index in [9.17, 15) is 0 Å². The molecule has 1 rings (SSSR count). The molecule has 0 N–H and O–H groups in total. The maximum Gasteiger partial charge on any atom is 0.0717 e. The van der Waals surface area contributed by atoms with Gasteiger partial charge in [0.05, 0.1) is 12.2 Å². The maximum absolute atomic E-state index is 5.69. The summed E-state index contributed by atoms with van der Waals surface area (Å²) in [6, 6.07) is 0. The minimum absolute atomic E-state index is 0.402. The van der Waals surface area contributed by atoms with Crippen molar-refractivity contribution in [2.45, 2.75) is 38.9 Å². The first kappa shape index (κ1) is 8.02. The largest absolute Gasteiger partial charge is 0.372 e. The number of rotatable bonds is 2. The molecule has 2 atom stereocenters. The van der Waals surface area contributed by atoms with Gasteiger partial charge < -0.3 is 4.74 Å². The molecule has 0 aromatic rings. The SMILES string of the molecule is CC[C@@H]1C[N]C[C@H](CC)O1. The van der Waals surface area contributed by atoms with Gasteiger partial charge in [-0.15, -0.1) is 0 Å². The van der Waals surface area contributed by atoms with Crippen LogP contribution in [-0.4, -0.2) is 25.3 Å². The van der Waals surface area contributed by atoms with E-state index in [1.54, 1.807) is 0 Å². The van der Waals surface area contributed by atoms with Gasteiger partial charge in [0.15, 0.2) is 0 Å². The van der Waals surface area contributed by atoms with Gasteiger partial charge in [-0.3, -0.25) is 0 Å². The van der Waals surface area contributed by atoms with Gasteiger partial charge in [-0.05, 0) is 12.8 Å². The third kappa shape index (κ3) is 1.96. The van der Waals surface area contributed by atoms with Gasteiger partial charge >= 0.3 is 0 Å². The van der Waals surface area contributed by atoms with Gasteiger partial charge in [0.25, 0.3) is 0 Å². The van der Waals surface area contributed by atoms with E-state index < -0.39 is 0 Å². The van der Waals surface area contributed by atoms with Crippen LogP contribution in [0.2, 0.25) is 0 Å². The van der Waals surface area contributed by atoms with Crippen molar-refractivity contribution in [2.24, 2.45) is 0 Å². The minimum Gasteiger partial charge on any atom is -0.372 e. The van der Waals surface area contributed by atoms with Crippen molar-refractivity contribution >= 4 is 0 Å². The van der Waals surface area contributed by atoms with Crippen LogP contribution in [0, 0.1) is 0 Å². The molecule has 1 fully saturated rings. The van der Waals surface area contributed by atoms with Crippen LogP contribution in [-0.2, 0) is 4.74 Å². The Bertz CT molecular complexity index is 85.3. The second kappa shape index (κ2) is 3.94. The number of nitrogens with zero attached hydrogens (tertiary/aromatic N) is 1. The number of hydrogen-bond donors (Lipinski definition) is 0. The summed E-state index contributed by atoms with van der Waals surface area (Å²) in [6.45, 7) is 6.12. The molecule has 10 heavy (non-hydrogen) atoms. The molecule has 0 bridgehead atoms. The standard InChI is InChI=1S/C8H16NO/c1-3-7-5-9-6-8(4-2)10-7/h7-8H,3-6H2,1-2H3/t7-,8+.